The molecule has 7 nitrogen and oxygen atoms in total. The number of hydrogen-bond acceptors (Lipinski definition) is 5. The fraction of sp³-hybridized carbons (Fsp3) is 0.125. The topological polar surface area (TPSA) is 114 Å². The van der Waals surface area contributed by atoms with Gasteiger partial charge in [-0.1, -0.05) is 11.6 Å². The summed E-state index contributed by atoms with van der Waals surface area (Å²) in [6.07, 6.45) is 1.18. The van der Waals surface area contributed by atoms with Crippen LogP contribution < -0.4 is 16.4 Å². The summed E-state index contributed by atoms with van der Waals surface area (Å²) in [4.78, 5) is 33.1. The van der Waals surface area contributed by atoms with Crippen LogP contribution in [0.3, 0.4) is 0 Å². The summed E-state index contributed by atoms with van der Waals surface area (Å²) in [5, 5.41) is 13.1. The Morgan fingerprint density at radius 3 is 2.75 bits per heavy atom. The number of rotatable bonds is 3. The van der Waals surface area contributed by atoms with Crippen LogP contribution in [0.2, 0.25) is 5.02 Å². The maximum atomic E-state index is 12.3. The van der Waals surface area contributed by atoms with Crippen molar-refractivity contribution in [1.82, 2.24) is 15.0 Å². The van der Waals surface area contributed by atoms with Gasteiger partial charge in [-0.15, -0.1) is 0 Å². The molecule has 0 bridgehead atoms. The van der Waals surface area contributed by atoms with Crippen LogP contribution in [0.15, 0.2) is 40.1 Å². The first kappa shape index (κ1) is 15.8. The minimum Gasteiger partial charge on any atom is -0.349 e. The summed E-state index contributed by atoms with van der Waals surface area (Å²) in [6, 6.07) is 8.25. The molecule has 3 aromatic rings. The van der Waals surface area contributed by atoms with E-state index in [9.17, 15) is 9.59 Å². The van der Waals surface area contributed by atoms with E-state index in [1.165, 1.54) is 6.20 Å². The van der Waals surface area contributed by atoms with Gasteiger partial charge in [0.05, 0.1) is 12.2 Å². The lowest BCUT2D eigenvalue weighted by Crippen LogP contribution is -2.22. The van der Waals surface area contributed by atoms with Crippen LogP contribution in [0.5, 0.6) is 0 Å². The van der Waals surface area contributed by atoms with Crippen molar-refractivity contribution in [3.63, 3.8) is 0 Å². The molecule has 3 rings (SSSR count). The Labute approximate surface area is 140 Å². The van der Waals surface area contributed by atoms with Gasteiger partial charge in [0.2, 0.25) is 5.95 Å². The van der Waals surface area contributed by atoms with E-state index >= 15 is 0 Å². The molecule has 0 fully saturated rings. The van der Waals surface area contributed by atoms with Crippen LogP contribution in [0.4, 0.5) is 5.95 Å². The number of nitriles is 1. The Morgan fingerprint density at radius 2 is 2.04 bits per heavy atom. The van der Waals surface area contributed by atoms with Crippen LogP contribution in [0, 0.1) is 11.3 Å². The molecule has 120 valence electrons. The van der Waals surface area contributed by atoms with Gasteiger partial charge in [0, 0.05) is 21.5 Å². The fourth-order valence-electron chi connectivity index (χ4n) is 2.35. The number of pyridine rings is 1. The molecule has 1 aromatic carbocycles. The van der Waals surface area contributed by atoms with E-state index in [1.54, 1.807) is 37.3 Å². The SMILES string of the molecule is C[C@H](Nc1ncc(C#N)c(=O)[nH]1)c1cc2cc(Cl)ccc2[nH]c1=O. The number of hydrogen-bond donors (Lipinski definition) is 3. The molecule has 0 spiro atoms. The van der Waals surface area contributed by atoms with Gasteiger partial charge in [-0.05, 0) is 31.2 Å². The third kappa shape index (κ3) is 3.00. The molecule has 0 aliphatic heterocycles. The number of nitrogens with zero attached hydrogens (tertiary/aromatic N) is 2. The smallest absolute Gasteiger partial charge is 0.270 e. The minimum absolute atomic E-state index is 0.0774. The fourth-order valence-corrected chi connectivity index (χ4v) is 2.53. The molecular weight excluding hydrogens is 330 g/mol. The molecule has 0 radical (unpaired) electrons. The van der Waals surface area contributed by atoms with Crippen molar-refractivity contribution in [2.45, 2.75) is 13.0 Å². The summed E-state index contributed by atoms with van der Waals surface area (Å²) in [5.74, 6) is 0.178. The number of aromatic nitrogens is 3. The first-order valence-electron chi connectivity index (χ1n) is 7.06. The number of aromatic amines is 2. The maximum Gasteiger partial charge on any atom is 0.270 e. The zero-order valence-electron chi connectivity index (χ0n) is 12.6. The molecule has 0 saturated heterocycles. The lowest BCUT2D eigenvalue weighted by molar-refractivity contribution is 0.841. The molecular formula is C16H12ClN5O2. The van der Waals surface area contributed by atoms with E-state index in [4.69, 9.17) is 16.9 Å². The first-order valence-corrected chi connectivity index (χ1v) is 7.44. The standard InChI is InChI=1S/C16H12ClN5O2/c1-8(20-16-19-7-10(6-18)14(23)22-16)12-5-9-4-11(17)2-3-13(9)21-15(12)24/h2-5,7-8H,1H3,(H,21,24)(H2,19,20,22,23)/t8-/m0/s1. The largest absolute Gasteiger partial charge is 0.349 e. The number of halogens is 1. The van der Waals surface area contributed by atoms with Crippen LogP contribution >= 0.6 is 11.6 Å². The van der Waals surface area contributed by atoms with Gasteiger partial charge in [-0.25, -0.2) is 4.98 Å². The minimum atomic E-state index is -0.540. The highest BCUT2D eigenvalue weighted by molar-refractivity contribution is 6.31. The number of fused-ring (bicyclic) bond motifs is 1. The van der Waals surface area contributed by atoms with Crippen LogP contribution in [-0.4, -0.2) is 15.0 Å². The van der Waals surface area contributed by atoms with Gasteiger partial charge in [0.15, 0.2) is 0 Å². The Hall–Kier alpha value is -3.11. The zero-order chi connectivity index (χ0) is 17.3. The van der Waals surface area contributed by atoms with E-state index < -0.39 is 11.6 Å². The van der Waals surface area contributed by atoms with Gasteiger partial charge in [-0.3, -0.25) is 14.6 Å². The van der Waals surface area contributed by atoms with E-state index in [1.807, 2.05) is 0 Å². The number of nitrogens with one attached hydrogen (secondary N) is 3. The van der Waals surface area contributed by atoms with Crippen molar-refractivity contribution in [1.29, 1.82) is 5.26 Å². The molecule has 24 heavy (non-hydrogen) atoms. The van der Waals surface area contributed by atoms with E-state index in [2.05, 4.69) is 20.3 Å². The Kier molecular flexibility index (Phi) is 4.06. The third-order valence-electron chi connectivity index (χ3n) is 3.57. The van der Waals surface area contributed by atoms with E-state index in [0.29, 0.717) is 16.1 Å². The lowest BCUT2D eigenvalue weighted by Gasteiger charge is -2.14. The highest BCUT2D eigenvalue weighted by Crippen LogP contribution is 2.20. The predicted molar refractivity (Wildman–Crippen MR) is 91.2 cm³/mol. The van der Waals surface area contributed by atoms with Crippen LogP contribution in [-0.2, 0) is 0 Å². The normalized spacial score (nSPS) is 11.9. The second-order valence-electron chi connectivity index (χ2n) is 5.24. The van der Waals surface area contributed by atoms with Crippen LogP contribution in [0.1, 0.15) is 24.1 Å². The zero-order valence-corrected chi connectivity index (χ0v) is 13.3. The molecule has 0 saturated carbocycles. The summed E-state index contributed by atoms with van der Waals surface area (Å²) < 4.78 is 0. The van der Waals surface area contributed by atoms with Crippen molar-refractivity contribution in [2.75, 3.05) is 5.32 Å². The highest BCUT2D eigenvalue weighted by atomic mass is 35.5. The molecule has 0 unspecified atom stereocenters. The highest BCUT2D eigenvalue weighted by Gasteiger charge is 2.13. The van der Waals surface area contributed by atoms with Crippen molar-refractivity contribution in [3.05, 3.63) is 67.3 Å². The third-order valence-corrected chi connectivity index (χ3v) is 3.81. The molecule has 8 heteroatoms. The monoisotopic (exact) mass is 341 g/mol. The van der Waals surface area contributed by atoms with E-state index in [0.717, 1.165) is 5.39 Å². The molecule has 2 aromatic heterocycles. The summed E-state index contributed by atoms with van der Waals surface area (Å²) >= 11 is 5.98. The summed E-state index contributed by atoms with van der Waals surface area (Å²) in [5.41, 5.74) is 0.288. The van der Waals surface area contributed by atoms with Crippen molar-refractivity contribution >= 4 is 28.5 Å². The van der Waals surface area contributed by atoms with Crippen molar-refractivity contribution < 1.29 is 0 Å². The number of H-pyrrole nitrogens is 2. The molecule has 0 amide bonds. The quantitative estimate of drug-likeness (QED) is 0.676. The first-order chi connectivity index (χ1) is 11.5. The second kappa shape index (κ2) is 6.18. The molecule has 1 atom stereocenters. The molecule has 0 aliphatic carbocycles. The van der Waals surface area contributed by atoms with Crippen molar-refractivity contribution in [3.8, 4) is 6.07 Å². The van der Waals surface area contributed by atoms with Gasteiger partial charge in [-0.2, -0.15) is 5.26 Å². The van der Waals surface area contributed by atoms with Gasteiger partial charge < -0.3 is 10.3 Å². The molecule has 3 N–H and O–H groups in total. The second-order valence-corrected chi connectivity index (χ2v) is 5.67. The molecule has 0 aliphatic rings. The maximum absolute atomic E-state index is 12.3. The average Bonchev–Trinajstić information content (AvgIpc) is 2.54. The van der Waals surface area contributed by atoms with Crippen molar-refractivity contribution in [2.24, 2.45) is 0 Å². The van der Waals surface area contributed by atoms with Gasteiger partial charge in [0.25, 0.3) is 11.1 Å². The summed E-state index contributed by atoms with van der Waals surface area (Å²) in [6.45, 7) is 1.76. The number of benzene rings is 1. The average molecular weight is 342 g/mol. The Balaban J connectivity index is 1.96. The predicted octanol–water partition coefficient (Wildman–Crippen LogP) is 2.31. The van der Waals surface area contributed by atoms with Gasteiger partial charge >= 0.3 is 0 Å². The van der Waals surface area contributed by atoms with Gasteiger partial charge in [0.1, 0.15) is 11.6 Å². The lowest BCUT2D eigenvalue weighted by atomic mass is 10.1. The Morgan fingerprint density at radius 1 is 1.25 bits per heavy atom. The van der Waals surface area contributed by atoms with Crippen LogP contribution in [0.25, 0.3) is 10.9 Å². The number of anilines is 1. The Bertz CT molecular complexity index is 1080. The molecule has 2 heterocycles. The van der Waals surface area contributed by atoms with E-state index in [-0.39, 0.29) is 17.1 Å². The summed E-state index contributed by atoms with van der Waals surface area (Å²) in [7, 11) is 0.